The zero-order valence-corrected chi connectivity index (χ0v) is 20.2. The first-order chi connectivity index (χ1) is 16.5. The first-order valence-electron chi connectivity index (χ1n) is 11.6. The van der Waals surface area contributed by atoms with Crippen molar-refractivity contribution in [3.8, 4) is 17.0 Å². The topological polar surface area (TPSA) is 75.8 Å². The van der Waals surface area contributed by atoms with Crippen LogP contribution in [-0.2, 0) is 6.54 Å². The number of hydrogen-bond acceptors (Lipinski definition) is 5. The van der Waals surface area contributed by atoms with Gasteiger partial charge in [-0.2, -0.15) is 0 Å². The molecule has 0 atom stereocenters. The predicted octanol–water partition coefficient (Wildman–Crippen LogP) is 6.52. The van der Waals surface area contributed by atoms with Crippen molar-refractivity contribution >= 4 is 29.2 Å². The smallest absolute Gasteiger partial charge is 0.335 e. The monoisotopic (exact) mass is 500 g/mol. The Balaban J connectivity index is 1.22. The fourth-order valence-electron chi connectivity index (χ4n) is 4.50. The van der Waals surface area contributed by atoms with Gasteiger partial charge in [0.15, 0.2) is 0 Å². The SMILES string of the molecule is O=C(O)c1ccc(OCC2CCN(Cc3c(-c4c(Cl)cccc4Cl)noc3C3CC3)CC2)cc1. The molecule has 0 amide bonds. The molecule has 3 aromatic rings. The van der Waals surface area contributed by atoms with Gasteiger partial charge in [0.2, 0.25) is 0 Å². The lowest BCUT2D eigenvalue weighted by atomic mass is 9.96. The molecule has 2 fully saturated rings. The number of carboxylic acid groups (broad SMARTS) is 1. The second-order valence-corrected chi connectivity index (χ2v) is 9.92. The Hall–Kier alpha value is -2.54. The molecule has 1 aliphatic heterocycles. The van der Waals surface area contributed by atoms with E-state index in [0.717, 1.165) is 67.9 Å². The number of carboxylic acids is 1. The highest BCUT2D eigenvalue weighted by atomic mass is 35.5. The van der Waals surface area contributed by atoms with Crippen LogP contribution >= 0.6 is 23.2 Å². The fourth-order valence-corrected chi connectivity index (χ4v) is 5.08. The van der Waals surface area contributed by atoms with Gasteiger partial charge in [-0.1, -0.05) is 34.4 Å². The molecule has 0 bridgehead atoms. The molecule has 8 heteroatoms. The number of hydrogen-bond donors (Lipinski definition) is 1. The number of halogens is 2. The lowest BCUT2D eigenvalue weighted by Crippen LogP contribution is -2.35. The zero-order valence-electron chi connectivity index (χ0n) is 18.7. The van der Waals surface area contributed by atoms with E-state index in [1.807, 2.05) is 18.2 Å². The quantitative estimate of drug-likeness (QED) is 0.379. The molecule has 0 spiro atoms. The Morgan fingerprint density at radius 1 is 1.06 bits per heavy atom. The summed E-state index contributed by atoms with van der Waals surface area (Å²) in [6.07, 6.45) is 4.31. The number of carbonyl (C=O) groups is 1. The number of ether oxygens (including phenoxy) is 1. The van der Waals surface area contributed by atoms with E-state index in [4.69, 9.17) is 37.6 Å². The fraction of sp³-hybridized carbons (Fsp3) is 0.385. The molecule has 178 valence electrons. The Morgan fingerprint density at radius 2 is 1.74 bits per heavy atom. The van der Waals surface area contributed by atoms with Crippen LogP contribution in [0.4, 0.5) is 0 Å². The summed E-state index contributed by atoms with van der Waals surface area (Å²) in [4.78, 5) is 13.4. The second kappa shape index (κ2) is 9.98. The molecule has 1 saturated carbocycles. The van der Waals surface area contributed by atoms with Crippen molar-refractivity contribution in [3.63, 3.8) is 0 Å². The highest BCUT2D eigenvalue weighted by Gasteiger charge is 2.34. The van der Waals surface area contributed by atoms with Crippen molar-refractivity contribution in [2.75, 3.05) is 19.7 Å². The molecular formula is C26H26Cl2N2O4. The van der Waals surface area contributed by atoms with Crippen LogP contribution in [0.3, 0.4) is 0 Å². The molecule has 1 aromatic heterocycles. The van der Waals surface area contributed by atoms with Crippen molar-refractivity contribution in [1.29, 1.82) is 0 Å². The van der Waals surface area contributed by atoms with Crippen LogP contribution in [0, 0.1) is 5.92 Å². The first-order valence-corrected chi connectivity index (χ1v) is 12.4. The Kier molecular flexibility index (Phi) is 6.82. The maximum Gasteiger partial charge on any atom is 0.335 e. The van der Waals surface area contributed by atoms with Crippen LogP contribution in [0.25, 0.3) is 11.3 Å². The minimum atomic E-state index is -0.934. The van der Waals surface area contributed by atoms with E-state index in [2.05, 4.69) is 10.1 Å². The molecule has 2 aromatic carbocycles. The lowest BCUT2D eigenvalue weighted by molar-refractivity contribution is 0.0697. The predicted molar refractivity (Wildman–Crippen MR) is 131 cm³/mol. The van der Waals surface area contributed by atoms with Crippen molar-refractivity contribution in [1.82, 2.24) is 10.1 Å². The van der Waals surface area contributed by atoms with Gasteiger partial charge in [0, 0.05) is 23.6 Å². The van der Waals surface area contributed by atoms with Gasteiger partial charge in [-0.15, -0.1) is 0 Å². The first kappa shape index (κ1) is 23.2. The van der Waals surface area contributed by atoms with Crippen LogP contribution in [0.1, 0.15) is 53.3 Å². The summed E-state index contributed by atoms with van der Waals surface area (Å²) >= 11 is 13.0. The normalized spacial score (nSPS) is 17.1. The maximum absolute atomic E-state index is 11.0. The Bertz CT molecular complexity index is 1150. The summed E-state index contributed by atoms with van der Waals surface area (Å²) in [7, 11) is 0. The minimum absolute atomic E-state index is 0.261. The van der Waals surface area contributed by atoms with Gasteiger partial charge in [0.05, 0.1) is 22.2 Å². The lowest BCUT2D eigenvalue weighted by Gasteiger charge is -2.32. The summed E-state index contributed by atoms with van der Waals surface area (Å²) in [5.74, 6) is 1.64. The molecule has 34 heavy (non-hydrogen) atoms. The molecule has 1 N–H and O–H groups in total. The number of nitrogens with zero attached hydrogens (tertiary/aromatic N) is 2. The molecule has 1 aliphatic carbocycles. The standard InChI is InChI=1S/C26H26Cl2N2O4/c27-21-2-1-3-22(28)23(21)24-20(25(34-29-24)17-4-5-17)14-30-12-10-16(11-13-30)15-33-19-8-6-18(7-9-19)26(31)32/h1-3,6-9,16-17H,4-5,10-15H2,(H,31,32). The second-order valence-electron chi connectivity index (χ2n) is 9.10. The summed E-state index contributed by atoms with van der Waals surface area (Å²) < 4.78 is 11.7. The van der Waals surface area contributed by atoms with Crippen LogP contribution in [0.15, 0.2) is 47.0 Å². The van der Waals surface area contributed by atoms with E-state index in [0.29, 0.717) is 34.2 Å². The average molecular weight is 501 g/mol. The van der Waals surface area contributed by atoms with Gasteiger partial charge in [-0.3, -0.25) is 4.90 Å². The summed E-state index contributed by atoms with van der Waals surface area (Å²) in [5, 5.41) is 14.6. The van der Waals surface area contributed by atoms with E-state index in [9.17, 15) is 4.79 Å². The number of aromatic nitrogens is 1. The third kappa shape index (κ3) is 5.09. The summed E-state index contributed by atoms with van der Waals surface area (Å²) in [5.41, 5.74) is 2.87. The van der Waals surface area contributed by atoms with Crippen LogP contribution in [0.2, 0.25) is 10.0 Å². The van der Waals surface area contributed by atoms with E-state index in [1.165, 1.54) is 0 Å². The summed E-state index contributed by atoms with van der Waals surface area (Å²) in [6.45, 7) is 3.30. The highest BCUT2D eigenvalue weighted by Crippen LogP contribution is 2.46. The van der Waals surface area contributed by atoms with Crippen molar-refractivity contribution in [2.45, 2.75) is 38.1 Å². The van der Waals surface area contributed by atoms with Crippen LogP contribution in [0.5, 0.6) is 5.75 Å². The van der Waals surface area contributed by atoms with Crippen molar-refractivity contribution < 1.29 is 19.2 Å². The molecule has 5 rings (SSSR count). The maximum atomic E-state index is 11.0. The van der Waals surface area contributed by atoms with E-state index < -0.39 is 5.97 Å². The van der Waals surface area contributed by atoms with Crippen molar-refractivity contribution in [2.24, 2.45) is 5.92 Å². The van der Waals surface area contributed by atoms with Crippen LogP contribution < -0.4 is 4.74 Å². The van der Waals surface area contributed by atoms with Gasteiger partial charge < -0.3 is 14.4 Å². The highest BCUT2D eigenvalue weighted by molar-refractivity contribution is 6.39. The van der Waals surface area contributed by atoms with Gasteiger partial charge in [0.25, 0.3) is 0 Å². The number of rotatable bonds is 8. The zero-order chi connectivity index (χ0) is 23.7. The molecule has 1 saturated heterocycles. The number of likely N-dealkylation sites (tertiary alicyclic amines) is 1. The van der Waals surface area contributed by atoms with E-state index in [-0.39, 0.29) is 5.56 Å². The third-order valence-electron chi connectivity index (χ3n) is 6.64. The number of aromatic carboxylic acids is 1. The number of benzene rings is 2. The molecule has 6 nitrogen and oxygen atoms in total. The molecule has 2 heterocycles. The Labute approximate surface area is 208 Å². The average Bonchev–Trinajstić information content (AvgIpc) is 3.60. The molecule has 2 aliphatic rings. The minimum Gasteiger partial charge on any atom is -0.493 e. The molecule has 0 radical (unpaired) electrons. The Morgan fingerprint density at radius 3 is 2.35 bits per heavy atom. The number of piperidine rings is 1. The molecular weight excluding hydrogens is 475 g/mol. The van der Waals surface area contributed by atoms with Crippen LogP contribution in [-0.4, -0.2) is 40.8 Å². The van der Waals surface area contributed by atoms with E-state index in [1.54, 1.807) is 24.3 Å². The third-order valence-corrected chi connectivity index (χ3v) is 7.27. The van der Waals surface area contributed by atoms with Gasteiger partial charge in [-0.05, 0) is 81.1 Å². The van der Waals surface area contributed by atoms with Gasteiger partial charge in [-0.25, -0.2) is 4.79 Å². The van der Waals surface area contributed by atoms with Gasteiger partial charge >= 0.3 is 5.97 Å². The van der Waals surface area contributed by atoms with Gasteiger partial charge in [0.1, 0.15) is 17.2 Å². The summed E-state index contributed by atoms with van der Waals surface area (Å²) in [6, 6.07) is 12.1. The largest absolute Gasteiger partial charge is 0.493 e. The molecule has 0 unspecified atom stereocenters. The van der Waals surface area contributed by atoms with E-state index >= 15 is 0 Å². The van der Waals surface area contributed by atoms with Crippen molar-refractivity contribution in [3.05, 3.63) is 69.4 Å².